The van der Waals surface area contributed by atoms with Gasteiger partial charge in [0.15, 0.2) is 0 Å². The SMILES string of the molecule is CCCC(NC(=O)c1cccnc1OC)C(=O)O. The molecule has 6 nitrogen and oxygen atoms in total. The number of ether oxygens (including phenoxy) is 1. The van der Waals surface area contributed by atoms with Crippen LogP contribution in [0.3, 0.4) is 0 Å². The molecule has 1 unspecified atom stereocenters. The van der Waals surface area contributed by atoms with Crippen LogP contribution in [-0.4, -0.2) is 35.1 Å². The maximum atomic E-state index is 11.9. The lowest BCUT2D eigenvalue weighted by Crippen LogP contribution is -2.40. The van der Waals surface area contributed by atoms with E-state index in [0.29, 0.717) is 12.8 Å². The van der Waals surface area contributed by atoms with Gasteiger partial charge in [-0.15, -0.1) is 0 Å². The fraction of sp³-hybridized carbons (Fsp3) is 0.417. The molecule has 0 aliphatic carbocycles. The second kappa shape index (κ2) is 6.58. The van der Waals surface area contributed by atoms with E-state index in [0.717, 1.165) is 0 Å². The molecular weight excluding hydrogens is 236 g/mol. The highest BCUT2D eigenvalue weighted by Crippen LogP contribution is 2.13. The number of nitrogens with zero attached hydrogens (tertiary/aromatic N) is 1. The molecule has 1 aromatic heterocycles. The highest BCUT2D eigenvalue weighted by Gasteiger charge is 2.21. The average Bonchev–Trinajstić information content (AvgIpc) is 2.37. The average molecular weight is 252 g/mol. The molecule has 1 atom stereocenters. The quantitative estimate of drug-likeness (QED) is 0.790. The second-order valence-electron chi connectivity index (χ2n) is 3.71. The van der Waals surface area contributed by atoms with Gasteiger partial charge >= 0.3 is 5.97 Å². The summed E-state index contributed by atoms with van der Waals surface area (Å²) in [5.74, 6) is -1.37. The van der Waals surface area contributed by atoms with E-state index in [4.69, 9.17) is 9.84 Å². The first kappa shape index (κ1) is 14.0. The number of amides is 1. The van der Waals surface area contributed by atoms with Gasteiger partial charge in [-0.25, -0.2) is 9.78 Å². The van der Waals surface area contributed by atoms with Gasteiger partial charge in [0.25, 0.3) is 5.91 Å². The Bertz CT molecular complexity index is 434. The van der Waals surface area contributed by atoms with Crippen LogP contribution in [0.15, 0.2) is 18.3 Å². The van der Waals surface area contributed by atoms with E-state index in [1.165, 1.54) is 19.4 Å². The van der Waals surface area contributed by atoms with Crippen LogP contribution < -0.4 is 10.1 Å². The number of nitrogens with one attached hydrogen (secondary N) is 1. The summed E-state index contributed by atoms with van der Waals surface area (Å²) < 4.78 is 4.95. The van der Waals surface area contributed by atoms with E-state index in [1.54, 1.807) is 6.07 Å². The molecule has 1 heterocycles. The minimum Gasteiger partial charge on any atom is -0.480 e. The molecule has 1 amide bonds. The molecule has 0 bridgehead atoms. The Morgan fingerprint density at radius 2 is 2.28 bits per heavy atom. The van der Waals surface area contributed by atoms with Crippen molar-refractivity contribution in [2.45, 2.75) is 25.8 Å². The van der Waals surface area contributed by atoms with Crippen LogP contribution in [-0.2, 0) is 4.79 Å². The smallest absolute Gasteiger partial charge is 0.326 e. The predicted octanol–water partition coefficient (Wildman–Crippen LogP) is 1.07. The summed E-state index contributed by atoms with van der Waals surface area (Å²) >= 11 is 0. The molecule has 0 aliphatic heterocycles. The highest BCUT2D eigenvalue weighted by molar-refractivity contribution is 5.98. The number of methoxy groups -OCH3 is 1. The number of hydrogen-bond acceptors (Lipinski definition) is 4. The van der Waals surface area contributed by atoms with Gasteiger partial charge in [0, 0.05) is 6.20 Å². The zero-order chi connectivity index (χ0) is 13.5. The van der Waals surface area contributed by atoms with Crippen LogP contribution in [0.1, 0.15) is 30.1 Å². The van der Waals surface area contributed by atoms with Crippen molar-refractivity contribution in [2.75, 3.05) is 7.11 Å². The number of carboxylic acids is 1. The second-order valence-corrected chi connectivity index (χ2v) is 3.71. The number of aromatic nitrogens is 1. The number of carbonyl (C=O) groups is 2. The van der Waals surface area contributed by atoms with E-state index in [2.05, 4.69) is 10.3 Å². The van der Waals surface area contributed by atoms with Crippen molar-refractivity contribution in [2.24, 2.45) is 0 Å². The molecule has 0 aromatic carbocycles. The molecule has 0 fully saturated rings. The largest absolute Gasteiger partial charge is 0.480 e. The minimum absolute atomic E-state index is 0.177. The number of rotatable bonds is 6. The van der Waals surface area contributed by atoms with E-state index >= 15 is 0 Å². The van der Waals surface area contributed by atoms with Crippen molar-refractivity contribution < 1.29 is 19.4 Å². The van der Waals surface area contributed by atoms with Crippen molar-refractivity contribution in [3.63, 3.8) is 0 Å². The summed E-state index contributed by atoms with van der Waals surface area (Å²) in [6, 6.07) is 2.23. The predicted molar refractivity (Wildman–Crippen MR) is 64.6 cm³/mol. The Morgan fingerprint density at radius 1 is 1.56 bits per heavy atom. The molecule has 0 spiro atoms. The van der Waals surface area contributed by atoms with Crippen molar-refractivity contribution in [1.82, 2.24) is 10.3 Å². The zero-order valence-electron chi connectivity index (χ0n) is 10.3. The number of pyridine rings is 1. The van der Waals surface area contributed by atoms with Gasteiger partial charge in [-0.2, -0.15) is 0 Å². The molecule has 1 aromatic rings. The third-order valence-electron chi connectivity index (χ3n) is 2.39. The lowest BCUT2D eigenvalue weighted by molar-refractivity contribution is -0.139. The lowest BCUT2D eigenvalue weighted by Gasteiger charge is -2.14. The molecule has 6 heteroatoms. The van der Waals surface area contributed by atoms with E-state index in [9.17, 15) is 9.59 Å². The van der Waals surface area contributed by atoms with Crippen LogP contribution in [0, 0.1) is 0 Å². The fourth-order valence-corrected chi connectivity index (χ4v) is 1.51. The zero-order valence-corrected chi connectivity index (χ0v) is 10.3. The van der Waals surface area contributed by atoms with Gasteiger partial charge < -0.3 is 15.2 Å². The highest BCUT2D eigenvalue weighted by atomic mass is 16.5. The molecule has 1 rings (SSSR count). The van der Waals surface area contributed by atoms with E-state index < -0.39 is 17.9 Å². The number of hydrogen-bond donors (Lipinski definition) is 2. The maximum Gasteiger partial charge on any atom is 0.326 e. The van der Waals surface area contributed by atoms with Crippen LogP contribution in [0.2, 0.25) is 0 Å². The summed E-state index contributed by atoms with van der Waals surface area (Å²) in [5, 5.41) is 11.4. The van der Waals surface area contributed by atoms with Crippen LogP contribution in [0.4, 0.5) is 0 Å². The Morgan fingerprint density at radius 3 is 2.83 bits per heavy atom. The molecule has 2 N–H and O–H groups in total. The van der Waals surface area contributed by atoms with Gasteiger partial charge in [0.05, 0.1) is 7.11 Å². The van der Waals surface area contributed by atoms with Gasteiger partial charge in [-0.3, -0.25) is 4.79 Å². The Kier molecular flexibility index (Phi) is 5.10. The first-order valence-corrected chi connectivity index (χ1v) is 5.62. The van der Waals surface area contributed by atoms with Crippen LogP contribution in [0.25, 0.3) is 0 Å². The van der Waals surface area contributed by atoms with Crippen molar-refractivity contribution in [3.05, 3.63) is 23.9 Å². The Balaban J connectivity index is 2.83. The third-order valence-corrected chi connectivity index (χ3v) is 2.39. The van der Waals surface area contributed by atoms with Gasteiger partial charge in [0.2, 0.25) is 5.88 Å². The normalized spacial score (nSPS) is 11.7. The topological polar surface area (TPSA) is 88.5 Å². The van der Waals surface area contributed by atoms with Crippen molar-refractivity contribution in [3.8, 4) is 5.88 Å². The van der Waals surface area contributed by atoms with E-state index in [-0.39, 0.29) is 11.4 Å². The number of carboxylic acid groups (broad SMARTS) is 1. The maximum absolute atomic E-state index is 11.9. The molecule has 18 heavy (non-hydrogen) atoms. The molecule has 98 valence electrons. The van der Waals surface area contributed by atoms with E-state index in [1.807, 2.05) is 6.92 Å². The lowest BCUT2D eigenvalue weighted by atomic mass is 10.1. The van der Waals surface area contributed by atoms with Gasteiger partial charge in [-0.1, -0.05) is 13.3 Å². The molecule has 0 saturated carbocycles. The molecule has 0 aliphatic rings. The standard InChI is InChI=1S/C12H16N2O4/c1-3-5-9(12(16)17)14-10(15)8-6-4-7-13-11(8)18-2/h4,6-7,9H,3,5H2,1-2H3,(H,14,15)(H,16,17). The minimum atomic E-state index is -1.05. The molecular formula is C12H16N2O4. The number of aliphatic carboxylic acids is 1. The summed E-state index contributed by atoms with van der Waals surface area (Å²) in [6.07, 6.45) is 2.54. The Hall–Kier alpha value is -2.11. The van der Waals surface area contributed by atoms with Crippen LogP contribution in [0.5, 0.6) is 5.88 Å². The van der Waals surface area contributed by atoms with Crippen LogP contribution >= 0.6 is 0 Å². The Labute approximate surface area is 105 Å². The van der Waals surface area contributed by atoms with Gasteiger partial charge in [-0.05, 0) is 18.6 Å². The summed E-state index contributed by atoms with van der Waals surface area (Å²) in [4.78, 5) is 26.8. The third kappa shape index (κ3) is 3.44. The first-order valence-electron chi connectivity index (χ1n) is 5.62. The summed E-state index contributed by atoms with van der Waals surface area (Å²) in [5.41, 5.74) is 0.224. The van der Waals surface area contributed by atoms with Crippen molar-refractivity contribution in [1.29, 1.82) is 0 Å². The first-order chi connectivity index (χ1) is 8.60. The summed E-state index contributed by atoms with van der Waals surface area (Å²) in [7, 11) is 1.40. The molecule has 0 saturated heterocycles. The number of carbonyl (C=O) groups excluding carboxylic acids is 1. The molecule has 0 radical (unpaired) electrons. The van der Waals surface area contributed by atoms with Crippen molar-refractivity contribution >= 4 is 11.9 Å². The monoisotopic (exact) mass is 252 g/mol. The fourth-order valence-electron chi connectivity index (χ4n) is 1.51. The summed E-state index contributed by atoms with van der Waals surface area (Å²) in [6.45, 7) is 1.85. The van der Waals surface area contributed by atoms with Gasteiger partial charge in [0.1, 0.15) is 11.6 Å².